The average molecular weight is 289 g/mol. The van der Waals surface area contributed by atoms with Gasteiger partial charge < -0.3 is 0 Å². The number of rotatable bonds is 10. The Labute approximate surface area is 133 Å². The van der Waals surface area contributed by atoms with E-state index in [4.69, 9.17) is 0 Å². The summed E-state index contributed by atoms with van der Waals surface area (Å²) in [5.74, 6) is 0. The fourth-order valence-electron chi connectivity index (χ4n) is 2.13. The smallest absolute Gasteiger partial charge is 0.0139 e. The Hall–Kier alpha value is -1.04. The zero-order chi connectivity index (χ0) is 16.3. The minimum Gasteiger partial charge on any atom is -0.0995 e. The maximum atomic E-state index is 4.24. The van der Waals surface area contributed by atoms with E-state index in [1.807, 2.05) is 0 Å². The zero-order valence-corrected chi connectivity index (χ0v) is 15.3. The highest BCUT2D eigenvalue weighted by Gasteiger charge is 2.13. The molecule has 0 aliphatic heterocycles. The van der Waals surface area contributed by atoms with Crippen LogP contribution in [0.3, 0.4) is 0 Å². The number of hydrogen-bond donors (Lipinski definition) is 0. The van der Waals surface area contributed by atoms with Gasteiger partial charge in [-0.05, 0) is 64.7 Å². The maximum Gasteiger partial charge on any atom is -0.0139 e. The predicted molar refractivity (Wildman–Crippen MR) is 98.6 cm³/mol. The van der Waals surface area contributed by atoms with Crippen LogP contribution in [0.1, 0.15) is 80.1 Å². The summed E-state index contributed by atoms with van der Waals surface area (Å²) in [6.07, 6.45) is 16.1. The van der Waals surface area contributed by atoms with Gasteiger partial charge in [-0.3, -0.25) is 0 Å². The van der Waals surface area contributed by atoms with E-state index in [1.54, 1.807) is 0 Å². The molecule has 0 saturated heterocycles. The second-order valence-corrected chi connectivity index (χ2v) is 7.12. The summed E-state index contributed by atoms with van der Waals surface area (Å²) in [4.78, 5) is 0. The van der Waals surface area contributed by atoms with Crippen molar-refractivity contribution in [2.45, 2.75) is 80.1 Å². The van der Waals surface area contributed by atoms with Gasteiger partial charge in [0.05, 0.1) is 0 Å². The van der Waals surface area contributed by atoms with E-state index >= 15 is 0 Å². The molecule has 0 rings (SSSR count). The van der Waals surface area contributed by atoms with Crippen molar-refractivity contribution in [3.63, 3.8) is 0 Å². The van der Waals surface area contributed by atoms with Crippen LogP contribution in [-0.4, -0.2) is 0 Å². The second kappa shape index (κ2) is 10.7. The lowest BCUT2D eigenvalue weighted by Crippen LogP contribution is -2.07. The van der Waals surface area contributed by atoms with Gasteiger partial charge in [0.25, 0.3) is 0 Å². The SMILES string of the molecule is C=C(C/C=C(\C)CCC=C(C)C)CCC(C)(C)/C=C/CC. The van der Waals surface area contributed by atoms with E-state index in [0.717, 1.165) is 25.7 Å². The lowest BCUT2D eigenvalue weighted by molar-refractivity contribution is 0.435. The van der Waals surface area contributed by atoms with Crippen molar-refractivity contribution >= 4 is 0 Å². The third kappa shape index (κ3) is 12.4. The van der Waals surface area contributed by atoms with Crippen LogP contribution >= 0.6 is 0 Å². The summed E-state index contributed by atoms with van der Waals surface area (Å²) in [7, 11) is 0. The molecule has 0 aromatic heterocycles. The summed E-state index contributed by atoms with van der Waals surface area (Å²) in [5.41, 5.74) is 4.55. The third-order valence-electron chi connectivity index (χ3n) is 3.76. The van der Waals surface area contributed by atoms with Crippen molar-refractivity contribution in [2.75, 3.05) is 0 Å². The van der Waals surface area contributed by atoms with Crippen LogP contribution in [0, 0.1) is 5.41 Å². The molecule has 0 spiro atoms. The Morgan fingerprint density at radius 3 is 2.29 bits per heavy atom. The van der Waals surface area contributed by atoms with Crippen LogP contribution < -0.4 is 0 Å². The first-order chi connectivity index (χ1) is 9.76. The number of allylic oxidation sites excluding steroid dienone is 7. The number of hydrogen-bond acceptors (Lipinski definition) is 0. The standard InChI is InChI=1S/C21H36/c1-8-9-16-21(6,7)17-15-20(5)14-13-19(4)12-10-11-18(2)3/h9,11,13,16H,5,8,10,12,14-15,17H2,1-4,6-7H3/b16-9+,19-13+. The molecule has 0 bridgehead atoms. The fourth-order valence-corrected chi connectivity index (χ4v) is 2.13. The van der Waals surface area contributed by atoms with E-state index in [-0.39, 0.29) is 0 Å². The molecule has 0 nitrogen and oxygen atoms in total. The van der Waals surface area contributed by atoms with Gasteiger partial charge in [-0.2, -0.15) is 0 Å². The lowest BCUT2D eigenvalue weighted by atomic mass is 9.85. The van der Waals surface area contributed by atoms with Gasteiger partial charge in [0.2, 0.25) is 0 Å². The van der Waals surface area contributed by atoms with Crippen molar-refractivity contribution < 1.29 is 0 Å². The first-order valence-corrected chi connectivity index (χ1v) is 8.40. The minimum atomic E-state index is 0.293. The molecular formula is C21H36. The van der Waals surface area contributed by atoms with Crippen molar-refractivity contribution in [3.8, 4) is 0 Å². The van der Waals surface area contributed by atoms with E-state index in [9.17, 15) is 0 Å². The largest absolute Gasteiger partial charge is 0.0995 e. The van der Waals surface area contributed by atoms with Crippen LogP contribution in [0.4, 0.5) is 0 Å². The summed E-state index contributed by atoms with van der Waals surface area (Å²) in [6.45, 7) is 17.6. The van der Waals surface area contributed by atoms with E-state index in [0.29, 0.717) is 5.41 Å². The average Bonchev–Trinajstić information content (AvgIpc) is 2.40. The Morgan fingerprint density at radius 2 is 1.71 bits per heavy atom. The molecule has 120 valence electrons. The van der Waals surface area contributed by atoms with Crippen molar-refractivity contribution in [3.05, 3.63) is 47.6 Å². The molecule has 0 fully saturated rings. The van der Waals surface area contributed by atoms with E-state index < -0.39 is 0 Å². The van der Waals surface area contributed by atoms with Crippen LogP contribution in [0.5, 0.6) is 0 Å². The molecular weight excluding hydrogens is 252 g/mol. The zero-order valence-electron chi connectivity index (χ0n) is 15.3. The molecule has 0 N–H and O–H groups in total. The Balaban J connectivity index is 4.09. The van der Waals surface area contributed by atoms with E-state index in [2.05, 4.69) is 72.4 Å². The van der Waals surface area contributed by atoms with Crippen LogP contribution in [0.15, 0.2) is 47.6 Å². The molecule has 0 aromatic carbocycles. The van der Waals surface area contributed by atoms with Gasteiger partial charge >= 0.3 is 0 Å². The summed E-state index contributed by atoms with van der Waals surface area (Å²) in [6, 6.07) is 0. The fraction of sp³-hybridized carbons (Fsp3) is 0.619. The van der Waals surface area contributed by atoms with Crippen LogP contribution in [0.25, 0.3) is 0 Å². The third-order valence-corrected chi connectivity index (χ3v) is 3.76. The Morgan fingerprint density at radius 1 is 1.05 bits per heavy atom. The van der Waals surface area contributed by atoms with E-state index in [1.165, 1.54) is 29.6 Å². The van der Waals surface area contributed by atoms with Gasteiger partial charge in [0.15, 0.2) is 0 Å². The highest BCUT2D eigenvalue weighted by atomic mass is 14.2. The predicted octanol–water partition coefficient (Wildman–Crippen LogP) is 7.40. The van der Waals surface area contributed by atoms with Gasteiger partial charge in [0.1, 0.15) is 0 Å². The molecule has 0 heteroatoms. The highest BCUT2D eigenvalue weighted by molar-refractivity contribution is 5.09. The molecule has 0 aliphatic carbocycles. The second-order valence-electron chi connectivity index (χ2n) is 7.12. The van der Waals surface area contributed by atoms with Crippen molar-refractivity contribution in [1.82, 2.24) is 0 Å². The Bertz CT molecular complexity index is 384. The molecule has 0 heterocycles. The summed E-state index contributed by atoms with van der Waals surface area (Å²) < 4.78 is 0. The van der Waals surface area contributed by atoms with Crippen LogP contribution in [-0.2, 0) is 0 Å². The monoisotopic (exact) mass is 288 g/mol. The lowest BCUT2D eigenvalue weighted by Gasteiger charge is -2.20. The molecule has 0 radical (unpaired) electrons. The highest BCUT2D eigenvalue weighted by Crippen LogP contribution is 2.27. The minimum absolute atomic E-state index is 0.293. The van der Waals surface area contributed by atoms with Crippen molar-refractivity contribution in [2.24, 2.45) is 5.41 Å². The Kier molecular flexibility index (Phi) is 10.1. The molecule has 0 amide bonds. The molecule has 0 saturated carbocycles. The van der Waals surface area contributed by atoms with Gasteiger partial charge in [-0.1, -0.05) is 68.4 Å². The molecule has 0 unspecified atom stereocenters. The summed E-state index contributed by atoms with van der Waals surface area (Å²) in [5, 5.41) is 0. The van der Waals surface area contributed by atoms with Gasteiger partial charge in [-0.15, -0.1) is 0 Å². The van der Waals surface area contributed by atoms with Crippen LogP contribution in [0.2, 0.25) is 0 Å². The van der Waals surface area contributed by atoms with Gasteiger partial charge in [0, 0.05) is 0 Å². The topological polar surface area (TPSA) is 0 Å². The quantitative estimate of drug-likeness (QED) is 0.367. The normalized spacial score (nSPS) is 12.8. The molecule has 21 heavy (non-hydrogen) atoms. The molecule has 0 aromatic rings. The van der Waals surface area contributed by atoms with Crippen molar-refractivity contribution in [1.29, 1.82) is 0 Å². The molecule has 0 atom stereocenters. The maximum absolute atomic E-state index is 4.24. The summed E-state index contributed by atoms with van der Waals surface area (Å²) >= 11 is 0. The first kappa shape index (κ1) is 20.0. The van der Waals surface area contributed by atoms with Gasteiger partial charge in [-0.25, -0.2) is 0 Å². The first-order valence-electron chi connectivity index (χ1n) is 8.40. The molecule has 0 aliphatic rings.